The van der Waals surface area contributed by atoms with E-state index in [1.54, 1.807) is 6.92 Å². The van der Waals surface area contributed by atoms with Gasteiger partial charge in [-0.05, 0) is 24.6 Å². The van der Waals surface area contributed by atoms with Crippen LogP contribution in [-0.2, 0) is 9.84 Å². The molecule has 15 heavy (non-hydrogen) atoms. The lowest BCUT2D eigenvalue weighted by Gasteiger charge is -2.18. The van der Waals surface area contributed by atoms with Crippen LogP contribution in [0.3, 0.4) is 0 Å². The Balaban J connectivity index is 2.95. The lowest BCUT2D eigenvalue weighted by molar-refractivity contribution is 0.570. The first kappa shape index (κ1) is 12.1. The molecule has 0 heterocycles. The van der Waals surface area contributed by atoms with Crippen LogP contribution in [0.15, 0.2) is 24.3 Å². The van der Waals surface area contributed by atoms with E-state index in [1.807, 2.05) is 0 Å². The number of rotatable bonds is 3. The Morgan fingerprint density at radius 2 is 1.73 bits per heavy atom. The zero-order valence-corrected chi connectivity index (χ0v) is 9.46. The lowest BCUT2D eigenvalue weighted by atomic mass is 10.1. The normalized spacial score (nSPS) is 16.0. The van der Waals surface area contributed by atoms with E-state index in [-0.39, 0.29) is 5.82 Å². The first-order valence-corrected chi connectivity index (χ1v) is 6.47. The van der Waals surface area contributed by atoms with Crippen molar-refractivity contribution in [2.75, 3.05) is 6.26 Å². The first-order chi connectivity index (χ1) is 6.82. The Hall–Kier alpha value is -0.940. The second kappa shape index (κ2) is 4.28. The Morgan fingerprint density at radius 3 is 2.13 bits per heavy atom. The lowest BCUT2D eigenvalue weighted by Crippen LogP contribution is -2.30. The third-order valence-corrected chi connectivity index (χ3v) is 4.08. The predicted molar refractivity (Wildman–Crippen MR) is 57.6 cm³/mol. The first-order valence-electron chi connectivity index (χ1n) is 4.52. The molecule has 0 bridgehead atoms. The second-order valence-electron chi connectivity index (χ2n) is 3.61. The number of hydrogen-bond donors (Lipinski definition) is 1. The maximum absolute atomic E-state index is 12.6. The van der Waals surface area contributed by atoms with Crippen molar-refractivity contribution in [2.24, 2.45) is 5.73 Å². The van der Waals surface area contributed by atoms with Gasteiger partial charge in [0.15, 0.2) is 9.84 Å². The molecule has 1 aromatic carbocycles. The molecule has 2 N–H and O–H groups in total. The number of benzene rings is 1. The third-order valence-electron chi connectivity index (χ3n) is 2.44. The molecular formula is C10H14FNO2S. The molecule has 0 amide bonds. The van der Waals surface area contributed by atoms with Crippen LogP contribution in [0.25, 0.3) is 0 Å². The maximum Gasteiger partial charge on any atom is 0.151 e. The van der Waals surface area contributed by atoms with Gasteiger partial charge in [0.2, 0.25) is 0 Å². The highest BCUT2D eigenvalue weighted by Crippen LogP contribution is 2.19. The molecule has 0 radical (unpaired) electrons. The number of sulfone groups is 1. The van der Waals surface area contributed by atoms with E-state index in [2.05, 4.69) is 0 Å². The Labute approximate surface area is 89.0 Å². The summed E-state index contributed by atoms with van der Waals surface area (Å²) in [6, 6.07) is 4.91. The molecule has 0 aliphatic carbocycles. The van der Waals surface area contributed by atoms with Crippen LogP contribution in [-0.4, -0.2) is 19.9 Å². The van der Waals surface area contributed by atoms with Gasteiger partial charge in [0, 0.05) is 12.3 Å². The summed E-state index contributed by atoms with van der Waals surface area (Å²) in [6.45, 7) is 1.54. The monoisotopic (exact) mass is 231 g/mol. The summed E-state index contributed by atoms with van der Waals surface area (Å²) in [5, 5.41) is -0.678. The molecule has 2 atom stereocenters. The molecule has 0 spiro atoms. The van der Waals surface area contributed by atoms with Crippen LogP contribution in [0.2, 0.25) is 0 Å². The highest BCUT2D eigenvalue weighted by molar-refractivity contribution is 7.91. The van der Waals surface area contributed by atoms with Gasteiger partial charge in [0.05, 0.1) is 5.25 Å². The van der Waals surface area contributed by atoms with Gasteiger partial charge in [0.25, 0.3) is 0 Å². The predicted octanol–water partition coefficient (Wildman–Crippen LogP) is 1.26. The van der Waals surface area contributed by atoms with Crippen molar-refractivity contribution < 1.29 is 12.8 Å². The van der Waals surface area contributed by atoms with Crippen LogP contribution in [0, 0.1) is 5.82 Å². The fourth-order valence-electron chi connectivity index (χ4n) is 1.22. The molecule has 0 aromatic heterocycles. The van der Waals surface area contributed by atoms with Crippen LogP contribution in [0.5, 0.6) is 0 Å². The van der Waals surface area contributed by atoms with E-state index in [9.17, 15) is 12.8 Å². The van der Waals surface area contributed by atoms with Gasteiger partial charge < -0.3 is 5.73 Å². The van der Waals surface area contributed by atoms with Crippen LogP contribution in [0.4, 0.5) is 4.39 Å². The third kappa shape index (κ3) is 3.00. The minimum absolute atomic E-state index is 0.363. The van der Waals surface area contributed by atoms with Crippen molar-refractivity contribution in [2.45, 2.75) is 18.2 Å². The number of halogens is 1. The average Bonchev–Trinajstić information content (AvgIpc) is 2.15. The van der Waals surface area contributed by atoms with Crippen molar-refractivity contribution >= 4 is 9.84 Å². The van der Waals surface area contributed by atoms with E-state index in [0.29, 0.717) is 5.56 Å². The summed E-state index contributed by atoms with van der Waals surface area (Å²) in [5.41, 5.74) is 6.39. The van der Waals surface area contributed by atoms with Gasteiger partial charge >= 0.3 is 0 Å². The number of hydrogen-bond acceptors (Lipinski definition) is 3. The molecule has 0 saturated carbocycles. The summed E-state index contributed by atoms with van der Waals surface area (Å²) in [4.78, 5) is 0. The van der Waals surface area contributed by atoms with Crippen LogP contribution < -0.4 is 5.73 Å². The van der Waals surface area contributed by atoms with Crippen molar-refractivity contribution in [3.05, 3.63) is 35.6 Å². The van der Waals surface area contributed by atoms with E-state index in [1.165, 1.54) is 24.3 Å². The summed E-state index contributed by atoms with van der Waals surface area (Å²) >= 11 is 0. The van der Waals surface area contributed by atoms with Crippen molar-refractivity contribution in [3.63, 3.8) is 0 Å². The Morgan fingerprint density at radius 1 is 1.27 bits per heavy atom. The molecule has 5 heteroatoms. The smallest absolute Gasteiger partial charge is 0.151 e. The minimum Gasteiger partial charge on any atom is -0.323 e. The topological polar surface area (TPSA) is 60.2 Å². The molecule has 3 nitrogen and oxygen atoms in total. The fraction of sp³-hybridized carbons (Fsp3) is 0.400. The second-order valence-corrected chi connectivity index (χ2v) is 6.01. The van der Waals surface area contributed by atoms with Crippen molar-refractivity contribution in [1.29, 1.82) is 0 Å². The maximum atomic E-state index is 12.6. The standard InChI is InChI=1S/C10H14FNO2S/c1-7(15(2,13)14)10(12)8-3-5-9(11)6-4-8/h3-7,10H,12H2,1-2H3/t7-,10+/m0/s1. The van der Waals surface area contributed by atoms with E-state index >= 15 is 0 Å². The molecule has 0 aliphatic rings. The Bertz CT molecular complexity index is 427. The highest BCUT2D eigenvalue weighted by atomic mass is 32.2. The number of nitrogens with two attached hydrogens (primary N) is 1. The van der Waals surface area contributed by atoms with Crippen molar-refractivity contribution in [1.82, 2.24) is 0 Å². The largest absolute Gasteiger partial charge is 0.323 e. The quantitative estimate of drug-likeness (QED) is 0.852. The minimum atomic E-state index is -3.18. The molecule has 0 unspecified atom stereocenters. The van der Waals surface area contributed by atoms with Crippen molar-refractivity contribution in [3.8, 4) is 0 Å². The van der Waals surface area contributed by atoms with Gasteiger partial charge in [0.1, 0.15) is 5.82 Å². The average molecular weight is 231 g/mol. The zero-order chi connectivity index (χ0) is 11.6. The molecule has 0 fully saturated rings. The van der Waals surface area contributed by atoms with Gasteiger partial charge in [-0.15, -0.1) is 0 Å². The van der Waals surface area contributed by atoms with Gasteiger partial charge in [-0.1, -0.05) is 12.1 Å². The Kier molecular flexibility index (Phi) is 3.46. The highest BCUT2D eigenvalue weighted by Gasteiger charge is 2.23. The molecule has 1 rings (SSSR count). The molecular weight excluding hydrogens is 217 g/mol. The van der Waals surface area contributed by atoms with Gasteiger partial charge in [-0.2, -0.15) is 0 Å². The summed E-state index contributed by atoms with van der Waals surface area (Å²) in [7, 11) is -3.18. The summed E-state index contributed by atoms with van der Waals surface area (Å²) in [5.74, 6) is -0.363. The molecule has 84 valence electrons. The van der Waals surface area contributed by atoms with E-state index in [0.717, 1.165) is 6.26 Å². The van der Waals surface area contributed by atoms with Gasteiger partial charge in [-0.25, -0.2) is 12.8 Å². The molecule has 1 aromatic rings. The molecule has 0 saturated heterocycles. The molecule has 0 aliphatic heterocycles. The zero-order valence-electron chi connectivity index (χ0n) is 8.64. The van der Waals surface area contributed by atoms with E-state index < -0.39 is 21.1 Å². The fourth-order valence-corrected chi connectivity index (χ4v) is 1.91. The van der Waals surface area contributed by atoms with Crippen LogP contribution >= 0.6 is 0 Å². The van der Waals surface area contributed by atoms with Gasteiger partial charge in [-0.3, -0.25) is 0 Å². The summed E-state index contributed by atoms with van der Waals surface area (Å²) < 4.78 is 35.1. The summed E-state index contributed by atoms with van der Waals surface area (Å²) in [6.07, 6.45) is 1.14. The SMILES string of the molecule is C[C@@H]([C@@H](N)c1ccc(F)cc1)S(C)(=O)=O. The van der Waals surface area contributed by atoms with Crippen LogP contribution in [0.1, 0.15) is 18.5 Å². The van der Waals surface area contributed by atoms with E-state index in [4.69, 9.17) is 5.73 Å².